The van der Waals surface area contributed by atoms with Crippen molar-refractivity contribution in [3.8, 4) is 0 Å². The van der Waals surface area contributed by atoms with Crippen LogP contribution in [-0.4, -0.2) is 31.9 Å². The summed E-state index contributed by atoms with van der Waals surface area (Å²) >= 11 is 0. The first kappa shape index (κ1) is 14.5. The van der Waals surface area contributed by atoms with Gasteiger partial charge >= 0.3 is 0 Å². The van der Waals surface area contributed by atoms with Gasteiger partial charge in [0.25, 0.3) is 10.0 Å². The summed E-state index contributed by atoms with van der Waals surface area (Å²) < 4.78 is 38.5. The van der Waals surface area contributed by atoms with E-state index in [-0.39, 0.29) is 6.04 Å². The Labute approximate surface area is 105 Å². The molecule has 100 valence electrons. The van der Waals surface area contributed by atoms with Gasteiger partial charge in [-0.25, -0.2) is 22.5 Å². The highest BCUT2D eigenvalue weighted by Gasteiger charge is 2.21. The fourth-order valence-corrected chi connectivity index (χ4v) is 2.15. The van der Waals surface area contributed by atoms with E-state index in [1.807, 2.05) is 4.72 Å². The Morgan fingerprint density at radius 1 is 1.50 bits per heavy atom. The van der Waals surface area contributed by atoms with Gasteiger partial charge in [0.1, 0.15) is 0 Å². The van der Waals surface area contributed by atoms with Gasteiger partial charge in [-0.1, -0.05) is 0 Å². The van der Waals surface area contributed by atoms with Crippen molar-refractivity contribution in [3.05, 3.63) is 24.1 Å². The van der Waals surface area contributed by atoms with Crippen LogP contribution < -0.4 is 10.0 Å². The number of carbonyl (C=O) groups excluding carboxylic acids is 1. The number of amides is 1. The molecule has 0 saturated carbocycles. The number of aromatic nitrogens is 1. The molecule has 0 unspecified atom stereocenters. The predicted molar refractivity (Wildman–Crippen MR) is 62.7 cm³/mol. The summed E-state index contributed by atoms with van der Waals surface area (Å²) in [4.78, 5) is 14.7. The smallest absolute Gasteiger partial charge is 0.261 e. The second kappa shape index (κ2) is 5.87. The van der Waals surface area contributed by atoms with Crippen LogP contribution in [0.15, 0.2) is 23.4 Å². The molecule has 0 radical (unpaired) electrons. The Balaban J connectivity index is 2.72. The average Bonchev–Trinajstić information content (AvgIpc) is 2.26. The number of nitrogens with zero attached hydrogens (tertiary/aromatic N) is 1. The molecule has 0 fully saturated rings. The molecule has 2 N–H and O–H groups in total. The summed E-state index contributed by atoms with van der Waals surface area (Å²) in [6.07, 6.45) is 1.16. The molecule has 1 rings (SSSR count). The van der Waals surface area contributed by atoms with Crippen LogP contribution in [0.3, 0.4) is 0 Å². The van der Waals surface area contributed by atoms with E-state index in [9.17, 15) is 17.6 Å². The maximum Gasteiger partial charge on any atom is 0.261 e. The molecule has 0 aromatic carbocycles. The minimum Gasteiger partial charge on any atom is -0.353 e. The molecule has 0 aliphatic carbocycles. The molecule has 0 aliphatic rings. The number of hydrogen-bond donors (Lipinski definition) is 2. The topological polar surface area (TPSA) is 88.2 Å². The molecule has 1 aromatic rings. The molecular formula is C10H14FN3O3S. The monoisotopic (exact) mass is 275 g/mol. The highest BCUT2D eigenvalue weighted by atomic mass is 32.2. The lowest BCUT2D eigenvalue weighted by Crippen LogP contribution is -2.40. The van der Waals surface area contributed by atoms with Gasteiger partial charge in [0.05, 0.1) is 6.54 Å². The maximum absolute atomic E-state index is 13.2. The van der Waals surface area contributed by atoms with E-state index in [0.717, 1.165) is 12.3 Å². The molecule has 8 heteroatoms. The van der Waals surface area contributed by atoms with Gasteiger partial charge in [0, 0.05) is 12.2 Å². The maximum atomic E-state index is 13.2. The van der Waals surface area contributed by atoms with Gasteiger partial charge in [0.15, 0.2) is 5.82 Å². The molecule has 0 bridgehead atoms. The summed E-state index contributed by atoms with van der Waals surface area (Å²) in [6.45, 7) is 3.02. The van der Waals surface area contributed by atoms with Crippen molar-refractivity contribution < 1.29 is 17.6 Å². The van der Waals surface area contributed by atoms with Crippen molar-refractivity contribution >= 4 is 15.9 Å². The minimum atomic E-state index is -4.12. The van der Waals surface area contributed by atoms with E-state index in [1.54, 1.807) is 13.8 Å². The van der Waals surface area contributed by atoms with Crippen LogP contribution in [0.1, 0.15) is 13.8 Å². The van der Waals surface area contributed by atoms with Crippen LogP contribution in [0.5, 0.6) is 0 Å². The zero-order valence-electron chi connectivity index (χ0n) is 9.97. The molecule has 6 nitrogen and oxygen atoms in total. The van der Waals surface area contributed by atoms with Gasteiger partial charge in [0.2, 0.25) is 10.9 Å². The zero-order valence-corrected chi connectivity index (χ0v) is 10.8. The van der Waals surface area contributed by atoms with Gasteiger partial charge in [-0.2, -0.15) is 0 Å². The van der Waals surface area contributed by atoms with Crippen LogP contribution in [0, 0.1) is 5.82 Å². The highest BCUT2D eigenvalue weighted by Crippen LogP contribution is 2.08. The number of hydrogen-bond acceptors (Lipinski definition) is 4. The third kappa shape index (κ3) is 4.04. The van der Waals surface area contributed by atoms with Gasteiger partial charge in [-0.3, -0.25) is 4.79 Å². The Morgan fingerprint density at radius 3 is 2.72 bits per heavy atom. The molecule has 1 aromatic heterocycles. The molecule has 0 aliphatic heterocycles. The molecule has 0 spiro atoms. The average molecular weight is 275 g/mol. The fourth-order valence-electron chi connectivity index (χ4n) is 1.17. The Morgan fingerprint density at radius 2 is 2.17 bits per heavy atom. The van der Waals surface area contributed by atoms with Gasteiger partial charge in [-0.05, 0) is 26.0 Å². The first-order valence-corrected chi connectivity index (χ1v) is 6.71. The number of nitrogens with one attached hydrogen (secondary N) is 2. The SMILES string of the molecule is CC(C)NC(=O)CNS(=O)(=O)c1ncccc1F. The lowest BCUT2D eigenvalue weighted by molar-refractivity contribution is -0.120. The predicted octanol–water partition coefficient (Wildman–Crippen LogP) is 0.0236. The standard InChI is InChI=1S/C10H14FN3O3S/c1-7(2)14-9(15)6-13-18(16,17)10-8(11)4-3-5-12-10/h3-5,7,13H,6H2,1-2H3,(H,14,15). The summed E-state index contributed by atoms with van der Waals surface area (Å²) in [5.74, 6) is -1.46. The minimum absolute atomic E-state index is 0.103. The van der Waals surface area contributed by atoms with Crippen LogP contribution in [-0.2, 0) is 14.8 Å². The van der Waals surface area contributed by atoms with Crippen LogP contribution in [0.4, 0.5) is 4.39 Å². The molecule has 1 amide bonds. The van der Waals surface area contributed by atoms with Crippen molar-refractivity contribution in [2.45, 2.75) is 24.9 Å². The van der Waals surface area contributed by atoms with Crippen LogP contribution >= 0.6 is 0 Å². The molecule has 18 heavy (non-hydrogen) atoms. The van der Waals surface area contributed by atoms with Crippen molar-refractivity contribution in [1.29, 1.82) is 0 Å². The summed E-state index contributed by atoms with van der Waals surface area (Å²) in [5, 5.41) is 1.78. The lowest BCUT2D eigenvalue weighted by atomic mass is 10.4. The third-order valence-corrected chi connectivity index (χ3v) is 3.19. The molecule has 0 saturated heterocycles. The number of carbonyl (C=O) groups is 1. The number of rotatable bonds is 5. The number of halogens is 1. The first-order chi connectivity index (χ1) is 8.33. The van der Waals surface area contributed by atoms with E-state index in [0.29, 0.717) is 0 Å². The van der Waals surface area contributed by atoms with Crippen LogP contribution in [0.25, 0.3) is 0 Å². The van der Waals surface area contributed by atoms with Gasteiger partial charge < -0.3 is 5.32 Å². The normalized spacial score (nSPS) is 11.6. The quantitative estimate of drug-likeness (QED) is 0.793. The van der Waals surface area contributed by atoms with E-state index in [4.69, 9.17) is 0 Å². The van der Waals surface area contributed by atoms with E-state index in [2.05, 4.69) is 10.3 Å². The van der Waals surface area contributed by atoms with Gasteiger partial charge in [-0.15, -0.1) is 0 Å². The summed E-state index contributed by atoms with van der Waals surface area (Å²) in [5.41, 5.74) is 0. The second-order valence-corrected chi connectivity index (χ2v) is 5.52. The Kier molecular flexibility index (Phi) is 4.74. The zero-order chi connectivity index (χ0) is 13.8. The number of sulfonamides is 1. The van der Waals surface area contributed by atoms with Crippen molar-refractivity contribution in [1.82, 2.24) is 15.0 Å². The summed E-state index contributed by atoms with van der Waals surface area (Å²) in [7, 11) is -4.12. The third-order valence-electron chi connectivity index (χ3n) is 1.85. The first-order valence-electron chi connectivity index (χ1n) is 5.22. The van der Waals surface area contributed by atoms with Crippen molar-refractivity contribution in [3.63, 3.8) is 0 Å². The van der Waals surface area contributed by atoms with E-state index < -0.39 is 33.3 Å². The van der Waals surface area contributed by atoms with E-state index >= 15 is 0 Å². The Hall–Kier alpha value is -1.54. The fraction of sp³-hybridized carbons (Fsp3) is 0.400. The number of pyridine rings is 1. The molecule has 0 atom stereocenters. The van der Waals surface area contributed by atoms with Crippen LogP contribution in [0.2, 0.25) is 0 Å². The molecule has 1 heterocycles. The molecular weight excluding hydrogens is 261 g/mol. The second-order valence-electron chi connectivity index (χ2n) is 3.84. The van der Waals surface area contributed by atoms with Crippen molar-refractivity contribution in [2.75, 3.05) is 6.54 Å². The van der Waals surface area contributed by atoms with Crippen molar-refractivity contribution in [2.24, 2.45) is 0 Å². The lowest BCUT2D eigenvalue weighted by Gasteiger charge is -2.09. The largest absolute Gasteiger partial charge is 0.353 e. The Bertz CT molecular complexity index is 531. The highest BCUT2D eigenvalue weighted by molar-refractivity contribution is 7.89. The summed E-state index contributed by atoms with van der Waals surface area (Å²) in [6, 6.07) is 2.16. The van der Waals surface area contributed by atoms with E-state index in [1.165, 1.54) is 6.07 Å².